The van der Waals surface area contributed by atoms with E-state index < -0.39 is 11.4 Å². The number of carbonyl (C=O) groups is 2. The molecule has 1 N–H and O–H groups in total. The van der Waals surface area contributed by atoms with Gasteiger partial charge in [-0.1, -0.05) is 0 Å². The van der Waals surface area contributed by atoms with Gasteiger partial charge in [-0.05, 0) is 13.8 Å². The van der Waals surface area contributed by atoms with Crippen LogP contribution in [0.4, 0.5) is 0 Å². The molecule has 0 aliphatic carbocycles. The molecule has 0 unspecified atom stereocenters. The molecule has 0 atom stereocenters. The Labute approximate surface area is 82.5 Å². The van der Waals surface area contributed by atoms with Crippen LogP contribution in [0.25, 0.3) is 0 Å². The Hall–Kier alpha value is -0.770. The summed E-state index contributed by atoms with van der Waals surface area (Å²) in [6, 6.07) is 0. The van der Waals surface area contributed by atoms with E-state index in [9.17, 15) is 9.59 Å². The minimum absolute atomic E-state index is 0.176. The molecule has 0 fully saturated rings. The zero-order valence-electron chi connectivity index (χ0n) is 8.00. The van der Waals surface area contributed by atoms with Gasteiger partial charge < -0.3 is 10.0 Å². The lowest BCUT2D eigenvalue weighted by Crippen LogP contribution is -2.41. The minimum atomic E-state index is -1.03. The molecule has 0 aromatic heterocycles. The molecule has 0 radical (unpaired) electrons. The Balaban J connectivity index is 4.34. The van der Waals surface area contributed by atoms with Crippen LogP contribution in [-0.4, -0.2) is 41.4 Å². The van der Waals surface area contributed by atoms with E-state index in [-0.39, 0.29) is 18.3 Å². The van der Waals surface area contributed by atoms with Crippen LogP contribution >= 0.6 is 11.6 Å². The van der Waals surface area contributed by atoms with Crippen LogP contribution in [0.15, 0.2) is 0 Å². The number of alkyl halides is 1. The van der Waals surface area contributed by atoms with Gasteiger partial charge in [-0.15, -0.1) is 11.6 Å². The SMILES string of the molecule is CN(CC(=O)O)C(=O)C(C)(C)CCl. The van der Waals surface area contributed by atoms with Crippen molar-refractivity contribution in [3.8, 4) is 0 Å². The second kappa shape index (κ2) is 4.46. The Morgan fingerprint density at radius 2 is 1.92 bits per heavy atom. The fraction of sp³-hybridized carbons (Fsp3) is 0.750. The summed E-state index contributed by atoms with van der Waals surface area (Å²) in [5.74, 6) is -1.11. The van der Waals surface area contributed by atoms with Crippen molar-refractivity contribution in [2.45, 2.75) is 13.8 Å². The predicted molar refractivity (Wildman–Crippen MR) is 49.8 cm³/mol. The third-order valence-electron chi connectivity index (χ3n) is 1.63. The van der Waals surface area contributed by atoms with Gasteiger partial charge in [-0.2, -0.15) is 0 Å². The Morgan fingerprint density at radius 1 is 1.46 bits per heavy atom. The van der Waals surface area contributed by atoms with E-state index in [1.54, 1.807) is 13.8 Å². The molecule has 13 heavy (non-hydrogen) atoms. The zero-order chi connectivity index (χ0) is 10.6. The van der Waals surface area contributed by atoms with E-state index >= 15 is 0 Å². The average molecular weight is 208 g/mol. The summed E-state index contributed by atoms with van der Waals surface area (Å²) in [6.45, 7) is 3.07. The van der Waals surface area contributed by atoms with Crippen molar-refractivity contribution >= 4 is 23.5 Å². The van der Waals surface area contributed by atoms with E-state index in [0.29, 0.717) is 0 Å². The van der Waals surface area contributed by atoms with Crippen LogP contribution in [0, 0.1) is 5.41 Å². The maximum Gasteiger partial charge on any atom is 0.323 e. The van der Waals surface area contributed by atoms with Gasteiger partial charge in [0.1, 0.15) is 6.54 Å². The molecule has 0 spiro atoms. The van der Waals surface area contributed by atoms with Gasteiger partial charge >= 0.3 is 5.97 Å². The van der Waals surface area contributed by atoms with Crippen molar-refractivity contribution in [3.63, 3.8) is 0 Å². The summed E-state index contributed by atoms with van der Waals surface area (Å²) in [5.41, 5.74) is -0.703. The first-order valence-corrected chi connectivity index (χ1v) is 4.38. The van der Waals surface area contributed by atoms with Crippen molar-refractivity contribution in [2.75, 3.05) is 19.5 Å². The van der Waals surface area contributed by atoms with Crippen LogP contribution in [0.3, 0.4) is 0 Å². The Morgan fingerprint density at radius 3 is 2.23 bits per heavy atom. The fourth-order valence-corrected chi connectivity index (χ4v) is 0.963. The summed E-state index contributed by atoms with van der Waals surface area (Å²) < 4.78 is 0. The number of hydrogen-bond donors (Lipinski definition) is 1. The highest BCUT2D eigenvalue weighted by Gasteiger charge is 2.30. The maximum atomic E-state index is 11.5. The van der Waals surface area contributed by atoms with Crippen molar-refractivity contribution in [1.29, 1.82) is 0 Å². The van der Waals surface area contributed by atoms with Crippen molar-refractivity contribution < 1.29 is 14.7 Å². The van der Waals surface area contributed by atoms with Crippen molar-refractivity contribution in [2.24, 2.45) is 5.41 Å². The molecule has 0 rings (SSSR count). The minimum Gasteiger partial charge on any atom is -0.480 e. The molecule has 0 aliphatic rings. The molecule has 76 valence electrons. The van der Waals surface area contributed by atoms with Crippen LogP contribution < -0.4 is 0 Å². The molecule has 4 nitrogen and oxygen atoms in total. The number of amides is 1. The molecule has 0 aromatic rings. The van der Waals surface area contributed by atoms with Gasteiger partial charge in [0, 0.05) is 12.9 Å². The standard InChI is InChI=1S/C8H14ClNO3/c1-8(2,5-9)7(13)10(3)4-6(11)12/h4-5H2,1-3H3,(H,11,12). The first-order chi connectivity index (χ1) is 5.81. The molecule has 0 bridgehead atoms. The molecule has 1 amide bonds. The molecule has 0 heterocycles. The third-order valence-corrected chi connectivity index (χ3v) is 2.30. The van der Waals surface area contributed by atoms with Gasteiger partial charge in [0.25, 0.3) is 0 Å². The normalized spacial score (nSPS) is 11.1. The number of carbonyl (C=O) groups excluding carboxylic acids is 1. The summed E-state index contributed by atoms with van der Waals surface area (Å²) in [7, 11) is 1.45. The lowest BCUT2D eigenvalue weighted by molar-refractivity contribution is -0.146. The van der Waals surface area contributed by atoms with E-state index in [0.717, 1.165) is 4.90 Å². The molecule has 5 heteroatoms. The quantitative estimate of drug-likeness (QED) is 0.694. The van der Waals surface area contributed by atoms with E-state index in [1.165, 1.54) is 7.05 Å². The molecule has 0 aromatic carbocycles. The van der Waals surface area contributed by atoms with Gasteiger partial charge in [-0.25, -0.2) is 0 Å². The zero-order valence-corrected chi connectivity index (χ0v) is 8.76. The largest absolute Gasteiger partial charge is 0.480 e. The molecular formula is C8H14ClNO3. The number of rotatable bonds is 4. The highest BCUT2D eigenvalue weighted by atomic mass is 35.5. The van der Waals surface area contributed by atoms with Gasteiger partial charge in [0.15, 0.2) is 0 Å². The number of carboxylic acids is 1. The molecule has 0 aliphatic heterocycles. The number of halogens is 1. The predicted octanol–water partition coefficient (Wildman–Crippen LogP) is 0.794. The van der Waals surface area contributed by atoms with Gasteiger partial charge in [0.2, 0.25) is 5.91 Å². The Kier molecular flexibility index (Phi) is 4.20. The topological polar surface area (TPSA) is 57.6 Å². The summed E-state index contributed by atoms with van der Waals surface area (Å²) in [4.78, 5) is 23.0. The van der Waals surface area contributed by atoms with Crippen molar-refractivity contribution in [3.05, 3.63) is 0 Å². The lowest BCUT2D eigenvalue weighted by Gasteiger charge is -2.26. The lowest BCUT2D eigenvalue weighted by atomic mass is 9.94. The van der Waals surface area contributed by atoms with Crippen LogP contribution in [0.2, 0.25) is 0 Å². The van der Waals surface area contributed by atoms with Crippen molar-refractivity contribution in [1.82, 2.24) is 4.90 Å². The summed E-state index contributed by atoms with van der Waals surface area (Å²) in [5, 5.41) is 8.44. The van der Waals surface area contributed by atoms with Gasteiger partial charge in [-0.3, -0.25) is 9.59 Å². The highest BCUT2D eigenvalue weighted by Crippen LogP contribution is 2.19. The van der Waals surface area contributed by atoms with Crippen LogP contribution in [0.1, 0.15) is 13.8 Å². The number of aliphatic carboxylic acids is 1. The number of likely N-dealkylation sites (N-methyl/N-ethyl adjacent to an activating group) is 1. The molecule has 0 saturated heterocycles. The summed E-state index contributed by atoms with van der Waals surface area (Å²) in [6.07, 6.45) is 0. The van der Waals surface area contributed by atoms with Crippen LogP contribution in [-0.2, 0) is 9.59 Å². The first-order valence-electron chi connectivity index (χ1n) is 3.84. The van der Waals surface area contributed by atoms with E-state index in [4.69, 9.17) is 16.7 Å². The maximum absolute atomic E-state index is 11.5. The van der Waals surface area contributed by atoms with E-state index in [1.807, 2.05) is 0 Å². The Bertz CT molecular complexity index is 215. The number of nitrogens with zero attached hydrogens (tertiary/aromatic N) is 1. The fourth-order valence-electron chi connectivity index (χ4n) is 0.849. The monoisotopic (exact) mass is 207 g/mol. The van der Waals surface area contributed by atoms with Gasteiger partial charge in [0.05, 0.1) is 5.41 Å². The highest BCUT2D eigenvalue weighted by molar-refractivity contribution is 6.19. The average Bonchev–Trinajstić information content (AvgIpc) is 2.01. The molecular weight excluding hydrogens is 194 g/mol. The molecule has 0 saturated carbocycles. The summed E-state index contributed by atoms with van der Waals surface area (Å²) >= 11 is 5.57. The van der Waals surface area contributed by atoms with Crippen LogP contribution in [0.5, 0.6) is 0 Å². The smallest absolute Gasteiger partial charge is 0.323 e. The second-order valence-electron chi connectivity index (χ2n) is 3.57. The first kappa shape index (κ1) is 12.2. The van der Waals surface area contributed by atoms with E-state index in [2.05, 4.69) is 0 Å². The number of carboxylic acid groups (broad SMARTS) is 1. The third kappa shape index (κ3) is 3.63. The number of hydrogen-bond acceptors (Lipinski definition) is 2. The second-order valence-corrected chi connectivity index (χ2v) is 3.84.